The number of benzene rings is 2. The van der Waals surface area contributed by atoms with Crippen LogP contribution in [0.25, 0.3) is 0 Å². The lowest BCUT2D eigenvalue weighted by molar-refractivity contribution is -0.139. The lowest BCUT2D eigenvalue weighted by Gasteiger charge is -2.09. The minimum absolute atomic E-state index is 0.0373. The summed E-state index contributed by atoms with van der Waals surface area (Å²) in [7, 11) is 0. The van der Waals surface area contributed by atoms with Gasteiger partial charge in [-0.1, -0.05) is 17.7 Å². The molecule has 9 heteroatoms. The van der Waals surface area contributed by atoms with Gasteiger partial charge in [0, 0.05) is 18.8 Å². The van der Waals surface area contributed by atoms with Crippen LogP contribution in [0.4, 0.5) is 5.69 Å². The molecule has 2 aromatic rings. The molecule has 0 aromatic heterocycles. The summed E-state index contributed by atoms with van der Waals surface area (Å²) in [4.78, 5) is 35.5. The van der Waals surface area contributed by atoms with E-state index in [1.165, 1.54) is 6.21 Å². The number of nitrogens with one attached hydrogen (secondary N) is 3. The number of nitrogens with zero attached hydrogens (tertiary/aromatic N) is 1. The van der Waals surface area contributed by atoms with Gasteiger partial charge in [0.1, 0.15) is 5.75 Å². The van der Waals surface area contributed by atoms with E-state index in [2.05, 4.69) is 21.2 Å². The van der Waals surface area contributed by atoms with Gasteiger partial charge >= 0.3 is 11.8 Å². The van der Waals surface area contributed by atoms with Gasteiger partial charge in [-0.2, -0.15) is 5.10 Å². The van der Waals surface area contributed by atoms with Crippen LogP contribution in [0.2, 0.25) is 0 Å². The maximum Gasteiger partial charge on any atom is 0.329 e. The number of hydrogen-bond acceptors (Lipinski definition) is 6. The van der Waals surface area contributed by atoms with E-state index >= 15 is 0 Å². The second-order valence-electron chi connectivity index (χ2n) is 7.32. The Kier molecular flexibility index (Phi) is 8.33. The number of rotatable bonds is 8. The largest absolute Gasteiger partial charge is 0.484 e. The lowest BCUT2D eigenvalue weighted by atomic mass is 10.2. The molecular formula is C23H26N4O5. The Hall–Kier alpha value is -3.72. The van der Waals surface area contributed by atoms with Gasteiger partial charge in [-0.25, -0.2) is 5.43 Å². The van der Waals surface area contributed by atoms with Crippen molar-refractivity contribution in [2.45, 2.75) is 25.9 Å². The summed E-state index contributed by atoms with van der Waals surface area (Å²) < 4.78 is 10.9. The van der Waals surface area contributed by atoms with Crippen molar-refractivity contribution in [2.24, 2.45) is 5.10 Å². The van der Waals surface area contributed by atoms with E-state index in [0.29, 0.717) is 30.2 Å². The van der Waals surface area contributed by atoms with Crippen molar-refractivity contribution in [3.8, 4) is 5.75 Å². The molecule has 0 aliphatic carbocycles. The van der Waals surface area contributed by atoms with Crippen molar-refractivity contribution < 1.29 is 23.9 Å². The molecule has 3 amide bonds. The van der Waals surface area contributed by atoms with Gasteiger partial charge in [-0.15, -0.1) is 0 Å². The molecule has 1 saturated heterocycles. The van der Waals surface area contributed by atoms with E-state index in [4.69, 9.17) is 9.47 Å². The molecule has 3 N–H and O–H groups in total. The molecule has 1 atom stereocenters. The van der Waals surface area contributed by atoms with E-state index in [0.717, 1.165) is 18.4 Å². The topological polar surface area (TPSA) is 118 Å². The van der Waals surface area contributed by atoms with E-state index in [1.807, 2.05) is 31.2 Å². The number of anilines is 1. The maximum absolute atomic E-state index is 12.0. The monoisotopic (exact) mass is 438 g/mol. The average molecular weight is 438 g/mol. The van der Waals surface area contributed by atoms with Crippen molar-refractivity contribution in [3.05, 3.63) is 59.7 Å². The first-order chi connectivity index (χ1) is 15.5. The number of carbonyl (C=O) groups excluding carboxylic acids is 3. The van der Waals surface area contributed by atoms with Gasteiger partial charge in [0.25, 0.3) is 5.91 Å². The molecule has 0 unspecified atom stereocenters. The third kappa shape index (κ3) is 7.51. The van der Waals surface area contributed by atoms with Gasteiger partial charge in [0.05, 0.1) is 12.3 Å². The molecular weight excluding hydrogens is 412 g/mol. The molecule has 1 heterocycles. The molecule has 0 bridgehead atoms. The van der Waals surface area contributed by atoms with Gasteiger partial charge in [0.2, 0.25) is 0 Å². The maximum atomic E-state index is 12.0. The predicted octanol–water partition coefficient (Wildman–Crippen LogP) is 1.76. The van der Waals surface area contributed by atoms with Gasteiger partial charge in [-0.3, -0.25) is 14.4 Å². The van der Waals surface area contributed by atoms with E-state index in [-0.39, 0.29) is 18.6 Å². The summed E-state index contributed by atoms with van der Waals surface area (Å²) in [6, 6.07) is 14.3. The summed E-state index contributed by atoms with van der Waals surface area (Å²) in [5.74, 6) is -1.36. The number of hydrazone groups is 1. The molecule has 1 aliphatic heterocycles. The van der Waals surface area contributed by atoms with E-state index in [1.54, 1.807) is 24.3 Å². The standard InChI is InChI=1S/C23H26N4O5/c1-16-4-8-18(9-5-16)26-21(28)15-32-19-10-6-17(7-11-19)13-25-27-23(30)22(29)24-14-20-3-2-12-31-20/h4-11,13,20H,2-3,12,14-15H2,1H3,(H,24,29)(H,26,28)(H,27,30)/b25-13-/t20-/m0/s1. The van der Waals surface area contributed by atoms with E-state index in [9.17, 15) is 14.4 Å². The van der Waals surface area contributed by atoms with Gasteiger partial charge in [-0.05, 0) is 61.7 Å². The van der Waals surface area contributed by atoms with Crippen molar-refractivity contribution in [1.82, 2.24) is 10.7 Å². The average Bonchev–Trinajstić information content (AvgIpc) is 3.32. The number of carbonyl (C=O) groups is 3. The quantitative estimate of drug-likeness (QED) is 0.330. The van der Waals surface area contributed by atoms with Gasteiger partial charge in [0.15, 0.2) is 6.61 Å². The molecule has 0 saturated carbocycles. The predicted molar refractivity (Wildman–Crippen MR) is 119 cm³/mol. The highest BCUT2D eigenvalue weighted by molar-refractivity contribution is 6.35. The van der Waals surface area contributed by atoms with Crippen molar-refractivity contribution in [1.29, 1.82) is 0 Å². The second-order valence-corrected chi connectivity index (χ2v) is 7.32. The molecule has 9 nitrogen and oxygen atoms in total. The van der Waals surface area contributed by atoms with Crippen LogP contribution < -0.4 is 20.8 Å². The Bertz CT molecular complexity index is 951. The molecule has 168 valence electrons. The highest BCUT2D eigenvalue weighted by Gasteiger charge is 2.18. The minimum atomic E-state index is -0.848. The fraction of sp³-hybridized carbons (Fsp3) is 0.304. The van der Waals surface area contributed by atoms with Crippen LogP contribution in [-0.2, 0) is 19.1 Å². The Balaban J connectivity index is 1.37. The smallest absolute Gasteiger partial charge is 0.329 e. The Morgan fingerprint density at radius 3 is 2.53 bits per heavy atom. The Morgan fingerprint density at radius 1 is 1.09 bits per heavy atom. The van der Waals surface area contributed by atoms with Gasteiger partial charge < -0.3 is 20.1 Å². The zero-order valence-corrected chi connectivity index (χ0v) is 17.8. The van der Waals surface area contributed by atoms with Crippen LogP contribution in [-0.4, -0.2) is 49.8 Å². The van der Waals surface area contributed by atoms with Crippen molar-refractivity contribution >= 4 is 29.6 Å². The number of hydrogen-bond donors (Lipinski definition) is 3. The van der Waals surface area contributed by atoms with Crippen LogP contribution >= 0.6 is 0 Å². The lowest BCUT2D eigenvalue weighted by Crippen LogP contribution is -2.41. The zero-order chi connectivity index (χ0) is 22.8. The molecule has 2 aromatic carbocycles. The second kappa shape index (κ2) is 11.6. The summed E-state index contributed by atoms with van der Waals surface area (Å²) in [5, 5.41) is 9.06. The third-order valence-corrected chi connectivity index (χ3v) is 4.69. The number of amides is 3. The normalized spacial score (nSPS) is 15.3. The fourth-order valence-electron chi connectivity index (χ4n) is 2.94. The minimum Gasteiger partial charge on any atom is -0.484 e. The Morgan fingerprint density at radius 2 is 1.84 bits per heavy atom. The molecule has 3 rings (SSSR count). The summed E-state index contributed by atoms with van der Waals surface area (Å²) in [5.41, 5.74) is 4.68. The number of aryl methyl sites for hydroxylation is 1. The first-order valence-corrected chi connectivity index (χ1v) is 10.3. The molecule has 0 spiro atoms. The Labute approximate surface area is 186 Å². The van der Waals surface area contributed by atoms with Crippen molar-refractivity contribution in [3.63, 3.8) is 0 Å². The fourth-order valence-corrected chi connectivity index (χ4v) is 2.94. The molecule has 0 radical (unpaired) electrons. The van der Waals surface area contributed by atoms with Crippen LogP contribution in [0.1, 0.15) is 24.0 Å². The van der Waals surface area contributed by atoms with E-state index < -0.39 is 11.8 Å². The van der Waals surface area contributed by atoms with Crippen LogP contribution in [0, 0.1) is 6.92 Å². The van der Waals surface area contributed by atoms with Crippen LogP contribution in [0.15, 0.2) is 53.6 Å². The SMILES string of the molecule is Cc1ccc(NC(=O)COc2ccc(/C=N\NC(=O)C(=O)NC[C@@H]3CCCO3)cc2)cc1. The first kappa shape index (κ1) is 23.0. The molecule has 32 heavy (non-hydrogen) atoms. The first-order valence-electron chi connectivity index (χ1n) is 10.3. The zero-order valence-electron chi connectivity index (χ0n) is 17.8. The highest BCUT2D eigenvalue weighted by atomic mass is 16.5. The molecule has 1 fully saturated rings. The summed E-state index contributed by atoms with van der Waals surface area (Å²) in [6.45, 7) is 2.84. The summed E-state index contributed by atoms with van der Waals surface area (Å²) >= 11 is 0. The van der Waals surface area contributed by atoms with Crippen molar-refractivity contribution in [2.75, 3.05) is 25.1 Å². The summed E-state index contributed by atoms with van der Waals surface area (Å²) in [6.07, 6.45) is 3.20. The molecule has 1 aliphatic rings. The number of ether oxygens (including phenoxy) is 2. The van der Waals surface area contributed by atoms with Crippen LogP contribution in [0.5, 0.6) is 5.75 Å². The highest BCUT2D eigenvalue weighted by Crippen LogP contribution is 2.12. The van der Waals surface area contributed by atoms with Crippen LogP contribution in [0.3, 0.4) is 0 Å². The third-order valence-electron chi connectivity index (χ3n) is 4.69.